The van der Waals surface area contributed by atoms with Crippen molar-refractivity contribution in [3.63, 3.8) is 0 Å². The van der Waals surface area contributed by atoms with Crippen LogP contribution in [0.4, 0.5) is 17.1 Å². The molecule has 178 valence electrons. The van der Waals surface area contributed by atoms with E-state index in [-0.39, 0.29) is 28.2 Å². The van der Waals surface area contributed by atoms with Gasteiger partial charge in [0, 0.05) is 17.1 Å². The molecule has 3 aromatic rings. The van der Waals surface area contributed by atoms with E-state index in [1.54, 1.807) is 12.1 Å². The van der Waals surface area contributed by atoms with E-state index in [0.717, 1.165) is 16.7 Å². The third-order valence-corrected chi connectivity index (χ3v) is 7.34. The first-order valence-electron chi connectivity index (χ1n) is 10.6. The lowest BCUT2D eigenvalue weighted by molar-refractivity contribution is -0.114. The van der Waals surface area contributed by atoms with Crippen LogP contribution in [-0.2, 0) is 19.6 Å². The van der Waals surface area contributed by atoms with Gasteiger partial charge in [0.15, 0.2) is 0 Å². The number of amides is 2. The molecule has 3 N–H and O–H groups in total. The molecule has 0 saturated heterocycles. The number of hydrogen-bond donors (Lipinski definition) is 3. The second kappa shape index (κ2) is 11.2. The van der Waals surface area contributed by atoms with E-state index in [1.165, 1.54) is 36.0 Å². The van der Waals surface area contributed by atoms with Gasteiger partial charge in [-0.05, 0) is 80.4 Å². The lowest BCUT2D eigenvalue weighted by atomic mass is 10.1. The topological polar surface area (TPSA) is 104 Å². The minimum atomic E-state index is -3.75. The molecule has 0 unspecified atom stereocenters. The summed E-state index contributed by atoms with van der Waals surface area (Å²) in [6.07, 6.45) is 0. The van der Waals surface area contributed by atoms with Gasteiger partial charge >= 0.3 is 0 Å². The molecule has 0 atom stereocenters. The Morgan fingerprint density at radius 3 is 1.74 bits per heavy atom. The minimum Gasteiger partial charge on any atom is -0.325 e. The molecule has 3 rings (SSSR count). The summed E-state index contributed by atoms with van der Waals surface area (Å²) in [6.45, 7) is 5.84. The second-order valence-electron chi connectivity index (χ2n) is 7.88. The number of rotatable bonds is 9. The average molecular weight is 498 g/mol. The lowest BCUT2D eigenvalue weighted by Gasteiger charge is -2.11. The van der Waals surface area contributed by atoms with Gasteiger partial charge in [0.2, 0.25) is 11.8 Å². The number of benzene rings is 3. The van der Waals surface area contributed by atoms with Crippen LogP contribution in [0.3, 0.4) is 0 Å². The number of anilines is 3. The van der Waals surface area contributed by atoms with Gasteiger partial charge in [-0.2, -0.15) is 0 Å². The first kappa shape index (κ1) is 25.3. The zero-order valence-corrected chi connectivity index (χ0v) is 20.8. The smallest absolute Gasteiger partial charge is 0.261 e. The van der Waals surface area contributed by atoms with Crippen LogP contribution in [0, 0.1) is 20.8 Å². The van der Waals surface area contributed by atoms with Crippen LogP contribution in [0.15, 0.2) is 71.6 Å². The molecule has 0 fully saturated rings. The summed E-state index contributed by atoms with van der Waals surface area (Å²) in [5.41, 5.74) is 4.84. The van der Waals surface area contributed by atoms with Crippen LogP contribution < -0.4 is 15.4 Å². The number of hydrogen-bond acceptors (Lipinski definition) is 5. The van der Waals surface area contributed by atoms with E-state index in [1.807, 2.05) is 51.1 Å². The van der Waals surface area contributed by atoms with Crippen LogP contribution >= 0.6 is 11.8 Å². The third kappa shape index (κ3) is 7.36. The van der Waals surface area contributed by atoms with Crippen molar-refractivity contribution in [2.24, 2.45) is 0 Å². The standard InChI is InChI=1S/C25H27N3O4S2/c1-17-4-7-20(8-5-17)26-24(29)15-33-16-25(30)27-21-10-12-23(13-11-21)34(31,32)28-22-9-6-18(2)19(3)14-22/h4-14,28H,15-16H2,1-3H3,(H,26,29)(H,27,30). The fraction of sp³-hybridized carbons (Fsp3) is 0.200. The first-order chi connectivity index (χ1) is 16.1. The van der Waals surface area contributed by atoms with Crippen LogP contribution in [0.1, 0.15) is 16.7 Å². The SMILES string of the molecule is Cc1ccc(NC(=O)CSCC(=O)Nc2ccc(S(=O)(=O)Nc3ccc(C)c(C)c3)cc2)cc1. The van der Waals surface area contributed by atoms with E-state index in [2.05, 4.69) is 15.4 Å². The van der Waals surface area contributed by atoms with Gasteiger partial charge < -0.3 is 10.6 Å². The van der Waals surface area contributed by atoms with Gasteiger partial charge in [0.25, 0.3) is 10.0 Å². The van der Waals surface area contributed by atoms with E-state index in [9.17, 15) is 18.0 Å². The maximum absolute atomic E-state index is 12.6. The summed E-state index contributed by atoms with van der Waals surface area (Å²) in [6, 6.07) is 18.7. The third-order valence-electron chi connectivity index (χ3n) is 5.01. The number of carbonyl (C=O) groups is 2. The quantitative estimate of drug-likeness (QED) is 0.397. The molecule has 34 heavy (non-hydrogen) atoms. The molecule has 0 aliphatic rings. The summed E-state index contributed by atoms with van der Waals surface area (Å²) in [7, 11) is -3.75. The Bertz CT molecular complexity index is 1270. The Labute approximate surface area is 204 Å². The predicted molar refractivity (Wildman–Crippen MR) is 139 cm³/mol. The van der Waals surface area contributed by atoms with Gasteiger partial charge in [-0.25, -0.2) is 8.42 Å². The van der Waals surface area contributed by atoms with Crippen molar-refractivity contribution in [1.82, 2.24) is 0 Å². The largest absolute Gasteiger partial charge is 0.325 e. The Morgan fingerprint density at radius 1 is 0.706 bits per heavy atom. The fourth-order valence-electron chi connectivity index (χ4n) is 3.00. The second-order valence-corrected chi connectivity index (χ2v) is 10.6. The van der Waals surface area contributed by atoms with Crippen LogP contribution in [0.2, 0.25) is 0 Å². The lowest BCUT2D eigenvalue weighted by Crippen LogP contribution is -2.18. The van der Waals surface area contributed by atoms with E-state index in [4.69, 9.17) is 0 Å². The summed E-state index contributed by atoms with van der Waals surface area (Å²) >= 11 is 1.19. The molecular weight excluding hydrogens is 470 g/mol. The van der Waals surface area contributed by atoms with Crippen molar-refractivity contribution in [2.45, 2.75) is 25.7 Å². The molecule has 0 aliphatic carbocycles. The van der Waals surface area contributed by atoms with Crippen LogP contribution in [0.5, 0.6) is 0 Å². The summed E-state index contributed by atoms with van der Waals surface area (Å²) in [4.78, 5) is 24.3. The maximum atomic E-state index is 12.6. The van der Waals surface area contributed by atoms with Crippen LogP contribution in [0.25, 0.3) is 0 Å². The molecule has 2 amide bonds. The molecule has 0 radical (unpaired) electrons. The Hall–Kier alpha value is -3.30. The van der Waals surface area contributed by atoms with Gasteiger partial charge in [-0.3, -0.25) is 14.3 Å². The number of thioether (sulfide) groups is 1. The zero-order chi connectivity index (χ0) is 24.7. The highest BCUT2D eigenvalue weighted by atomic mass is 32.2. The molecule has 0 spiro atoms. The molecule has 0 aromatic heterocycles. The summed E-state index contributed by atoms with van der Waals surface area (Å²) < 4.78 is 27.9. The molecular formula is C25H27N3O4S2. The zero-order valence-electron chi connectivity index (χ0n) is 19.2. The van der Waals surface area contributed by atoms with E-state index >= 15 is 0 Å². The first-order valence-corrected chi connectivity index (χ1v) is 13.2. The Morgan fingerprint density at radius 2 is 1.21 bits per heavy atom. The van der Waals surface area contributed by atoms with Crippen molar-refractivity contribution in [1.29, 1.82) is 0 Å². The predicted octanol–water partition coefficient (Wildman–Crippen LogP) is 4.72. The van der Waals surface area contributed by atoms with E-state index in [0.29, 0.717) is 17.1 Å². The van der Waals surface area contributed by atoms with Gasteiger partial charge in [0.05, 0.1) is 16.4 Å². The number of nitrogens with one attached hydrogen (secondary N) is 3. The number of sulfonamides is 1. The fourth-order valence-corrected chi connectivity index (χ4v) is 4.67. The summed E-state index contributed by atoms with van der Waals surface area (Å²) in [5.74, 6) is -0.234. The van der Waals surface area contributed by atoms with Gasteiger partial charge in [-0.15, -0.1) is 11.8 Å². The van der Waals surface area contributed by atoms with Crippen molar-refractivity contribution in [3.05, 3.63) is 83.4 Å². The van der Waals surface area contributed by atoms with Crippen LogP contribution in [-0.4, -0.2) is 31.7 Å². The van der Waals surface area contributed by atoms with Crippen molar-refractivity contribution in [3.8, 4) is 0 Å². The normalized spacial score (nSPS) is 11.0. The van der Waals surface area contributed by atoms with Gasteiger partial charge in [-0.1, -0.05) is 23.8 Å². The van der Waals surface area contributed by atoms with Gasteiger partial charge in [0.1, 0.15) is 0 Å². The molecule has 7 nitrogen and oxygen atoms in total. The molecule has 3 aromatic carbocycles. The van der Waals surface area contributed by atoms with Crippen molar-refractivity contribution in [2.75, 3.05) is 26.9 Å². The molecule has 0 bridgehead atoms. The minimum absolute atomic E-state index is 0.0888. The van der Waals surface area contributed by atoms with E-state index < -0.39 is 10.0 Å². The van der Waals surface area contributed by atoms with Crippen molar-refractivity contribution >= 4 is 50.7 Å². The molecule has 0 saturated carbocycles. The molecule has 0 heterocycles. The number of aryl methyl sites for hydroxylation is 3. The maximum Gasteiger partial charge on any atom is 0.261 e. The number of carbonyl (C=O) groups excluding carboxylic acids is 2. The highest BCUT2D eigenvalue weighted by Crippen LogP contribution is 2.20. The highest BCUT2D eigenvalue weighted by molar-refractivity contribution is 8.00. The monoisotopic (exact) mass is 497 g/mol. The Kier molecular flexibility index (Phi) is 8.36. The Balaban J connectivity index is 1.47. The average Bonchev–Trinajstić information content (AvgIpc) is 2.78. The summed E-state index contributed by atoms with van der Waals surface area (Å²) in [5, 5.41) is 5.49. The molecule has 0 aliphatic heterocycles. The van der Waals surface area contributed by atoms with Crippen molar-refractivity contribution < 1.29 is 18.0 Å². The highest BCUT2D eigenvalue weighted by Gasteiger charge is 2.15. The molecule has 9 heteroatoms.